The van der Waals surface area contributed by atoms with Gasteiger partial charge in [0.05, 0.1) is 10.7 Å². The smallest absolute Gasteiger partial charge is 0.132 e. The normalized spacial score (nSPS) is 10.0. The van der Waals surface area contributed by atoms with E-state index in [9.17, 15) is 0 Å². The van der Waals surface area contributed by atoms with Gasteiger partial charge in [0.25, 0.3) is 0 Å². The summed E-state index contributed by atoms with van der Waals surface area (Å²) in [6.07, 6.45) is 0.728. The van der Waals surface area contributed by atoms with Gasteiger partial charge >= 0.3 is 0 Å². The number of hydrogen-bond donors (Lipinski definition) is 1. The van der Waals surface area contributed by atoms with Gasteiger partial charge in [0.2, 0.25) is 0 Å². The van der Waals surface area contributed by atoms with Crippen molar-refractivity contribution < 1.29 is 0 Å². The summed E-state index contributed by atoms with van der Waals surface area (Å²) in [5, 5.41) is 9.98. The van der Waals surface area contributed by atoms with Crippen LogP contribution in [0.3, 0.4) is 0 Å². The third kappa shape index (κ3) is 2.11. The molecule has 80 valence electrons. The van der Waals surface area contributed by atoms with Crippen LogP contribution in [0.5, 0.6) is 0 Å². The Hall–Kier alpha value is -1.70. The lowest BCUT2D eigenvalue weighted by Crippen LogP contribution is -2.01. The SMILES string of the molecule is N#Cc1sc(CCN)nc1-c1ccccc1. The monoisotopic (exact) mass is 229 g/mol. The van der Waals surface area contributed by atoms with Crippen molar-refractivity contribution in [2.45, 2.75) is 6.42 Å². The first-order chi connectivity index (χ1) is 7.85. The first kappa shape index (κ1) is 10.8. The molecule has 0 saturated heterocycles. The van der Waals surface area contributed by atoms with Crippen molar-refractivity contribution in [1.82, 2.24) is 4.98 Å². The van der Waals surface area contributed by atoms with Crippen molar-refractivity contribution >= 4 is 11.3 Å². The maximum Gasteiger partial charge on any atom is 0.132 e. The molecule has 1 heterocycles. The van der Waals surface area contributed by atoms with Gasteiger partial charge < -0.3 is 5.73 Å². The van der Waals surface area contributed by atoms with E-state index in [0.29, 0.717) is 11.4 Å². The molecular weight excluding hydrogens is 218 g/mol. The predicted molar refractivity (Wildman–Crippen MR) is 65.0 cm³/mol. The van der Waals surface area contributed by atoms with Crippen LogP contribution in [0.2, 0.25) is 0 Å². The molecular formula is C12H11N3S. The quantitative estimate of drug-likeness (QED) is 0.877. The fourth-order valence-corrected chi connectivity index (χ4v) is 2.36. The maximum absolute atomic E-state index is 9.05. The summed E-state index contributed by atoms with van der Waals surface area (Å²) in [5.74, 6) is 0. The highest BCUT2D eigenvalue weighted by atomic mass is 32.1. The molecule has 0 aliphatic rings. The molecule has 0 fully saturated rings. The Kier molecular flexibility index (Phi) is 3.30. The lowest BCUT2D eigenvalue weighted by atomic mass is 10.1. The van der Waals surface area contributed by atoms with Crippen LogP contribution in [0.15, 0.2) is 30.3 Å². The minimum atomic E-state index is 0.562. The van der Waals surface area contributed by atoms with Crippen LogP contribution in [0, 0.1) is 11.3 Å². The van der Waals surface area contributed by atoms with Gasteiger partial charge in [0, 0.05) is 12.0 Å². The summed E-state index contributed by atoms with van der Waals surface area (Å²) >= 11 is 1.43. The molecule has 0 saturated carbocycles. The molecule has 4 heteroatoms. The topological polar surface area (TPSA) is 62.7 Å². The van der Waals surface area contributed by atoms with Crippen molar-refractivity contribution in [3.8, 4) is 17.3 Å². The van der Waals surface area contributed by atoms with Gasteiger partial charge in [-0.25, -0.2) is 4.98 Å². The number of nitriles is 1. The summed E-state index contributed by atoms with van der Waals surface area (Å²) < 4.78 is 0. The lowest BCUT2D eigenvalue weighted by Gasteiger charge is -1.95. The molecule has 2 aromatic rings. The van der Waals surface area contributed by atoms with Crippen LogP contribution in [-0.4, -0.2) is 11.5 Å². The Bertz CT molecular complexity index is 511. The molecule has 2 N–H and O–H groups in total. The summed E-state index contributed by atoms with van der Waals surface area (Å²) in [6, 6.07) is 11.9. The van der Waals surface area contributed by atoms with E-state index < -0.39 is 0 Å². The molecule has 0 aliphatic heterocycles. The Morgan fingerprint density at radius 3 is 2.69 bits per heavy atom. The fourth-order valence-electron chi connectivity index (χ4n) is 1.46. The van der Waals surface area contributed by atoms with Crippen molar-refractivity contribution in [2.75, 3.05) is 6.54 Å². The highest BCUT2D eigenvalue weighted by Gasteiger charge is 2.11. The van der Waals surface area contributed by atoms with E-state index in [2.05, 4.69) is 11.1 Å². The standard InChI is InChI=1S/C12H11N3S/c13-7-6-11-15-12(10(8-14)16-11)9-4-2-1-3-5-9/h1-5H,6-7,13H2. The number of aromatic nitrogens is 1. The zero-order valence-corrected chi connectivity index (χ0v) is 9.50. The van der Waals surface area contributed by atoms with Gasteiger partial charge in [-0.15, -0.1) is 11.3 Å². The maximum atomic E-state index is 9.05. The van der Waals surface area contributed by atoms with Crippen LogP contribution >= 0.6 is 11.3 Å². The Balaban J connectivity index is 2.45. The van der Waals surface area contributed by atoms with E-state index in [1.54, 1.807) is 0 Å². The van der Waals surface area contributed by atoms with E-state index in [-0.39, 0.29) is 0 Å². The molecule has 0 atom stereocenters. The highest BCUT2D eigenvalue weighted by Crippen LogP contribution is 2.27. The number of rotatable bonds is 3. The number of benzene rings is 1. The summed E-state index contributed by atoms with van der Waals surface area (Å²) in [7, 11) is 0. The van der Waals surface area contributed by atoms with Gasteiger partial charge in [-0.3, -0.25) is 0 Å². The molecule has 16 heavy (non-hydrogen) atoms. The molecule has 0 unspecified atom stereocenters. The lowest BCUT2D eigenvalue weighted by molar-refractivity contribution is 0.954. The van der Waals surface area contributed by atoms with Crippen LogP contribution in [0.25, 0.3) is 11.3 Å². The molecule has 2 rings (SSSR count). The fraction of sp³-hybridized carbons (Fsp3) is 0.167. The largest absolute Gasteiger partial charge is 0.330 e. The Labute approximate surface area is 98.2 Å². The molecule has 0 bridgehead atoms. The number of thiazole rings is 1. The molecule has 3 nitrogen and oxygen atoms in total. The molecule has 0 radical (unpaired) electrons. The van der Waals surface area contributed by atoms with Crippen molar-refractivity contribution in [3.05, 3.63) is 40.2 Å². The number of hydrogen-bond acceptors (Lipinski definition) is 4. The zero-order chi connectivity index (χ0) is 11.4. The minimum absolute atomic E-state index is 0.562. The average Bonchev–Trinajstić information content (AvgIpc) is 2.74. The first-order valence-electron chi connectivity index (χ1n) is 5.00. The summed E-state index contributed by atoms with van der Waals surface area (Å²) in [5.41, 5.74) is 7.24. The van der Waals surface area contributed by atoms with Crippen molar-refractivity contribution in [3.63, 3.8) is 0 Å². The number of nitrogens with zero attached hydrogens (tertiary/aromatic N) is 2. The summed E-state index contributed by atoms with van der Waals surface area (Å²) in [6.45, 7) is 0.562. The highest BCUT2D eigenvalue weighted by molar-refractivity contribution is 7.12. The second-order valence-electron chi connectivity index (χ2n) is 3.30. The first-order valence-corrected chi connectivity index (χ1v) is 5.82. The van der Waals surface area contributed by atoms with Gasteiger partial charge in [-0.1, -0.05) is 30.3 Å². The van der Waals surface area contributed by atoms with E-state index in [4.69, 9.17) is 11.0 Å². The molecule has 0 amide bonds. The third-order valence-corrected chi connectivity index (χ3v) is 3.20. The Morgan fingerprint density at radius 2 is 2.06 bits per heavy atom. The van der Waals surface area contributed by atoms with Gasteiger partial charge in [0.1, 0.15) is 10.9 Å². The molecule has 1 aromatic heterocycles. The van der Waals surface area contributed by atoms with E-state index >= 15 is 0 Å². The van der Waals surface area contributed by atoms with Crippen LogP contribution in [-0.2, 0) is 6.42 Å². The van der Waals surface area contributed by atoms with Crippen LogP contribution in [0.1, 0.15) is 9.88 Å². The minimum Gasteiger partial charge on any atom is -0.330 e. The van der Waals surface area contributed by atoms with E-state index in [1.807, 2.05) is 30.3 Å². The molecule has 0 spiro atoms. The number of nitrogens with two attached hydrogens (primary N) is 1. The molecule has 0 aliphatic carbocycles. The Morgan fingerprint density at radius 1 is 1.31 bits per heavy atom. The van der Waals surface area contributed by atoms with Gasteiger partial charge in [-0.2, -0.15) is 5.26 Å². The average molecular weight is 229 g/mol. The summed E-state index contributed by atoms with van der Waals surface area (Å²) in [4.78, 5) is 5.12. The van der Waals surface area contributed by atoms with E-state index in [0.717, 1.165) is 22.7 Å². The van der Waals surface area contributed by atoms with Crippen LogP contribution in [0.4, 0.5) is 0 Å². The third-order valence-electron chi connectivity index (χ3n) is 2.18. The second kappa shape index (κ2) is 4.88. The van der Waals surface area contributed by atoms with Crippen LogP contribution < -0.4 is 5.73 Å². The molecule has 1 aromatic carbocycles. The zero-order valence-electron chi connectivity index (χ0n) is 8.68. The van der Waals surface area contributed by atoms with Gasteiger partial charge in [-0.05, 0) is 6.54 Å². The van der Waals surface area contributed by atoms with Gasteiger partial charge in [0.15, 0.2) is 0 Å². The van der Waals surface area contributed by atoms with Crippen molar-refractivity contribution in [2.24, 2.45) is 5.73 Å². The van der Waals surface area contributed by atoms with E-state index in [1.165, 1.54) is 11.3 Å². The van der Waals surface area contributed by atoms with Crippen molar-refractivity contribution in [1.29, 1.82) is 5.26 Å². The second-order valence-corrected chi connectivity index (χ2v) is 4.39. The predicted octanol–water partition coefficient (Wildman–Crippen LogP) is 2.18.